The van der Waals surface area contributed by atoms with E-state index in [-0.39, 0.29) is 17.9 Å². The summed E-state index contributed by atoms with van der Waals surface area (Å²) in [6.45, 7) is 0.126. The first-order chi connectivity index (χ1) is 10.2. The monoisotopic (exact) mass is 280 g/mol. The standard InChI is InChI=1S/C17H13FN2O/c18-16-9-5-4-8-14(16)12-20-17(21)10-15(11-19-20)13-6-2-1-3-7-13/h1-11H,12H2. The average molecular weight is 280 g/mol. The minimum atomic E-state index is -0.335. The van der Waals surface area contributed by atoms with E-state index in [0.717, 1.165) is 11.1 Å². The van der Waals surface area contributed by atoms with Gasteiger partial charge in [0.1, 0.15) is 5.82 Å². The predicted octanol–water partition coefficient (Wildman–Crippen LogP) is 3.10. The Morgan fingerprint density at radius 3 is 2.38 bits per heavy atom. The second-order valence-corrected chi connectivity index (χ2v) is 4.70. The van der Waals surface area contributed by atoms with Crippen molar-refractivity contribution in [3.05, 3.63) is 88.6 Å². The highest BCUT2D eigenvalue weighted by Crippen LogP contribution is 2.15. The fourth-order valence-corrected chi connectivity index (χ4v) is 2.13. The highest BCUT2D eigenvalue weighted by atomic mass is 19.1. The van der Waals surface area contributed by atoms with Crippen molar-refractivity contribution >= 4 is 0 Å². The number of nitrogens with zero attached hydrogens (tertiary/aromatic N) is 2. The van der Waals surface area contributed by atoms with E-state index in [1.807, 2.05) is 30.3 Å². The molecular weight excluding hydrogens is 267 g/mol. The summed E-state index contributed by atoms with van der Waals surface area (Å²) in [5.74, 6) is -0.335. The molecule has 0 spiro atoms. The van der Waals surface area contributed by atoms with E-state index in [1.165, 1.54) is 16.8 Å². The Labute approximate surface area is 121 Å². The van der Waals surface area contributed by atoms with Crippen molar-refractivity contribution in [1.82, 2.24) is 9.78 Å². The molecule has 3 nitrogen and oxygen atoms in total. The molecule has 1 aromatic heterocycles. The van der Waals surface area contributed by atoms with Crippen molar-refractivity contribution in [3.63, 3.8) is 0 Å². The van der Waals surface area contributed by atoms with E-state index >= 15 is 0 Å². The molecule has 21 heavy (non-hydrogen) atoms. The molecule has 0 atom stereocenters. The van der Waals surface area contributed by atoms with E-state index in [4.69, 9.17) is 0 Å². The molecule has 0 fully saturated rings. The summed E-state index contributed by atoms with van der Waals surface area (Å²) in [7, 11) is 0. The van der Waals surface area contributed by atoms with Gasteiger partial charge in [0, 0.05) is 17.2 Å². The quantitative estimate of drug-likeness (QED) is 0.739. The van der Waals surface area contributed by atoms with Crippen LogP contribution in [-0.2, 0) is 6.54 Å². The van der Waals surface area contributed by atoms with Crippen LogP contribution in [0.15, 0.2) is 71.7 Å². The smallest absolute Gasteiger partial charge is 0.267 e. The summed E-state index contributed by atoms with van der Waals surface area (Å²) in [6, 6.07) is 17.4. The maximum absolute atomic E-state index is 13.6. The molecule has 0 aliphatic carbocycles. The lowest BCUT2D eigenvalue weighted by Gasteiger charge is -2.07. The van der Waals surface area contributed by atoms with Crippen LogP contribution in [0.1, 0.15) is 5.56 Å². The van der Waals surface area contributed by atoms with E-state index in [1.54, 1.807) is 24.4 Å². The molecule has 4 heteroatoms. The molecule has 3 aromatic rings. The normalized spacial score (nSPS) is 10.5. The van der Waals surface area contributed by atoms with Gasteiger partial charge in [0.25, 0.3) is 5.56 Å². The Morgan fingerprint density at radius 2 is 1.67 bits per heavy atom. The van der Waals surface area contributed by atoms with Crippen LogP contribution in [0, 0.1) is 5.82 Å². The maximum Gasteiger partial charge on any atom is 0.267 e. The molecule has 0 radical (unpaired) electrons. The van der Waals surface area contributed by atoms with Crippen molar-refractivity contribution in [2.75, 3.05) is 0 Å². The minimum absolute atomic E-state index is 0.126. The summed E-state index contributed by atoms with van der Waals surface area (Å²) >= 11 is 0. The predicted molar refractivity (Wildman–Crippen MR) is 79.4 cm³/mol. The lowest BCUT2D eigenvalue weighted by Crippen LogP contribution is -2.23. The first kappa shape index (κ1) is 13.2. The van der Waals surface area contributed by atoms with Gasteiger partial charge in [-0.1, -0.05) is 48.5 Å². The number of hydrogen-bond donors (Lipinski definition) is 0. The first-order valence-corrected chi connectivity index (χ1v) is 6.60. The molecule has 0 unspecified atom stereocenters. The number of benzene rings is 2. The molecule has 0 saturated heterocycles. The third-order valence-corrected chi connectivity index (χ3v) is 3.25. The molecule has 2 aromatic carbocycles. The van der Waals surface area contributed by atoms with E-state index < -0.39 is 0 Å². The van der Waals surface area contributed by atoms with Crippen molar-refractivity contribution in [1.29, 1.82) is 0 Å². The van der Waals surface area contributed by atoms with Crippen LogP contribution in [0.2, 0.25) is 0 Å². The third-order valence-electron chi connectivity index (χ3n) is 3.25. The van der Waals surface area contributed by atoms with Crippen molar-refractivity contribution < 1.29 is 4.39 Å². The van der Waals surface area contributed by atoms with Gasteiger partial charge in [0.2, 0.25) is 0 Å². The zero-order valence-corrected chi connectivity index (χ0v) is 11.2. The second-order valence-electron chi connectivity index (χ2n) is 4.70. The Balaban J connectivity index is 1.93. The van der Waals surface area contributed by atoms with Crippen LogP contribution in [-0.4, -0.2) is 9.78 Å². The van der Waals surface area contributed by atoms with Gasteiger partial charge in [-0.05, 0) is 11.6 Å². The number of rotatable bonds is 3. The number of halogens is 1. The molecule has 0 saturated carbocycles. The van der Waals surface area contributed by atoms with E-state index in [0.29, 0.717) is 5.56 Å². The lowest BCUT2D eigenvalue weighted by atomic mass is 10.1. The topological polar surface area (TPSA) is 34.9 Å². The second kappa shape index (κ2) is 5.71. The molecule has 0 aliphatic rings. The maximum atomic E-state index is 13.6. The lowest BCUT2D eigenvalue weighted by molar-refractivity contribution is 0.572. The number of hydrogen-bond acceptors (Lipinski definition) is 2. The van der Waals surface area contributed by atoms with Gasteiger partial charge in [-0.2, -0.15) is 5.10 Å². The van der Waals surface area contributed by atoms with Gasteiger partial charge >= 0.3 is 0 Å². The first-order valence-electron chi connectivity index (χ1n) is 6.60. The van der Waals surface area contributed by atoms with E-state index in [2.05, 4.69) is 5.10 Å². The van der Waals surface area contributed by atoms with Gasteiger partial charge in [0.15, 0.2) is 0 Å². The van der Waals surface area contributed by atoms with Crippen molar-refractivity contribution in [2.45, 2.75) is 6.54 Å². The summed E-state index contributed by atoms with van der Waals surface area (Å²) in [5, 5.41) is 4.13. The van der Waals surface area contributed by atoms with Gasteiger partial charge in [-0.15, -0.1) is 0 Å². The van der Waals surface area contributed by atoms with Crippen LogP contribution in [0.4, 0.5) is 4.39 Å². The van der Waals surface area contributed by atoms with E-state index in [9.17, 15) is 9.18 Å². The molecule has 0 amide bonds. The van der Waals surface area contributed by atoms with Crippen LogP contribution in [0.5, 0.6) is 0 Å². The van der Waals surface area contributed by atoms with Gasteiger partial charge in [-0.25, -0.2) is 9.07 Å². The summed E-state index contributed by atoms with van der Waals surface area (Å²) in [5.41, 5.74) is 1.88. The van der Waals surface area contributed by atoms with Gasteiger partial charge in [0.05, 0.1) is 12.7 Å². The number of aromatic nitrogens is 2. The zero-order valence-electron chi connectivity index (χ0n) is 11.2. The Bertz CT molecular complexity index is 812. The highest BCUT2D eigenvalue weighted by Gasteiger charge is 2.06. The Hall–Kier alpha value is -2.75. The van der Waals surface area contributed by atoms with Gasteiger partial charge in [-0.3, -0.25) is 4.79 Å². The SMILES string of the molecule is O=c1cc(-c2ccccc2)cnn1Cc1ccccc1F. The zero-order chi connectivity index (χ0) is 14.7. The summed E-state index contributed by atoms with van der Waals surface area (Å²) in [6.07, 6.45) is 1.62. The van der Waals surface area contributed by atoms with Crippen LogP contribution in [0.25, 0.3) is 11.1 Å². The molecule has 3 rings (SSSR count). The third kappa shape index (κ3) is 2.89. The van der Waals surface area contributed by atoms with Crippen LogP contribution >= 0.6 is 0 Å². The fraction of sp³-hybridized carbons (Fsp3) is 0.0588. The molecule has 0 N–H and O–H groups in total. The molecule has 0 bridgehead atoms. The molecule has 1 heterocycles. The molecule has 104 valence electrons. The largest absolute Gasteiger partial charge is 0.268 e. The Morgan fingerprint density at radius 1 is 0.952 bits per heavy atom. The minimum Gasteiger partial charge on any atom is -0.268 e. The van der Waals surface area contributed by atoms with Crippen molar-refractivity contribution in [3.8, 4) is 11.1 Å². The van der Waals surface area contributed by atoms with Crippen LogP contribution in [0.3, 0.4) is 0 Å². The Kier molecular flexibility index (Phi) is 3.60. The molecule has 0 aliphatic heterocycles. The van der Waals surface area contributed by atoms with Crippen LogP contribution < -0.4 is 5.56 Å². The average Bonchev–Trinajstić information content (AvgIpc) is 2.52. The summed E-state index contributed by atoms with van der Waals surface area (Å²) in [4.78, 5) is 12.1. The summed E-state index contributed by atoms with van der Waals surface area (Å²) < 4.78 is 14.9. The van der Waals surface area contributed by atoms with Crippen molar-refractivity contribution in [2.24, 2.45) is 0 Å². The fourth-order valence-electron chi connectivity index (χ4n) is 2.13. The van der Waals surface area contributed by atoms with Gasteiger partial charge < -0.3 is 0 Å². The molecular formula is C17H13FN2O. The highest BCUT2D eigenvalue weighted by molar-refractivity contribution is 5.61.